The molecule has 1 rings (SSSR count). The van der Waals surface area contributed by atoms with Gasteiger partial charge >= 0.3 is 5.97 Å². The molecule has 0 saturated heterocycles. The number of anilines is 2. The molecule has 0 saturated carbocycles. The molecule has 0 unspecified atom stereocenters. The largest absolute Gasteiger partial charge is 0.463 e. The van der Waals surface area contributed by atoms with E-state index in [1.807, 2.05) is 31.2 Å². The third kappa shape index (κ3) is 4.34. The van der Waals surface area contributed by atoms with Crippen molar-refractivity contribution in [2.45, 2.75) is 13.3 Å². The van der Waals surface area contributed by atoms with Crippen LogP contribution in [0, 0.1) is 11.3 Å². The Morgan fingerprint density at radius 2 is 2.11 bits per heavy atom. The lowest BCUT2D eigenvalue weighted by molar-refractivity contribution is -0.142. The number of hydrogen-bond donors (Lipinski definition) is 1. The lowest BCUT2D eigenvalue weighted by Gasteiger charge is -2.22. The predicted octanol–water partition coefficient (Wildman–Crippen LogP) is 1.55. The molecular formula is C13H17N3O2. The smallest absolute Gasteiger partial charge is 0.320 e. The van der Waals surface area contributed by atoms with E-state index < -0.39 is 5.97 Å². The highest BCUT2D eigenvalue weighted by atomic mass is 16.5. The normalized spacial score (nSPS) is 9.56. The zero-order chi connectivity index (χ0) is 13.4. The van der Waals surface area contributed by atoms with Gasteiger partial charge in [0.15, 0.2) is 0 Å². The molecule has 0 aliphatic carbocycles. The van der Waals surface area contributed by atoms with Gasteiger partial charge in [0.25, 0.3) is 0 Å². The van der Waals surface area contributed by atoms with Crippen LogP contribution in [0.2, 0.25) is 0 Å². The van der Waals surface area contributed by atoms with E-state index in [4.69, 9.17) is 15.7 Å². The molecule has 0 amide bonds. The summed E-state index contributed by atoms with van der Waals surface area (Å²) in [5, 5.41) is 8.32. The van der Waals surface area contributed by atoms with E-state index in [0.29, 0.717) is 6.54 Å². The second-order valence-corrected chi connectivity index (χ2v) is 3.73. The van der Waals surface area contributed by atoms with Gasteiger partial charge in [-0.15, -0.1) is 0 Å². The molecular weight excluding hydrogens is 230 g/mol. The number of rotatable bonds is 6. The summed E-state index contributed by atoms with van der Waals surface area (Å²) in [6.45, 7) is 3.70. The maximum atomic E-state index is 11.0. The number of benzene rings is 1. The molecule has 0 spiro atoms. The molecule has 18 heavy (non-hydrogen) atoms. The van der Waals surface area contributed by atoms with Crippen LogP contribution in [0.15, 0.2) is 24.3 Å². The fraction of sp³-hybridized carbons (Fsp3) is 0.385. The number of nitrogens with zero attached hydrogens (tertiary/aromatic N) is 2. The third-order valence-corrected chi connectivity index (χ3v) is 2.49. The van der Waals surface area contributed by atoms with E-state index in [9.17, 15) is 4.79 Å². The summed E-state index contributed by atoms with van der Waals surface area (Å²) in [7, 11) is 0. The fourth-order valence-corrected chi connectivity index (χ4v) is 1.54. The van der Waals surface area contributed by atoms with E-state index in [-0.39, 0.29) is 13.0 Å². The summed E-state index contributed by atoms with van der Waals surface area (Å²) < 4.78 is 4.93. The van der Waals surface area contributed by atoms with Gasteiger partial charge in [0.1, 0.15) is 13.0 Å². The first kappa shape index (κ1) is 13.8. The lowest BCUT2D eigenvalue weighted by atomic mass is 10.2. The molecule has 2 N–H and O–H groups in total. The molecule has 96 valence electrons. The summed E-state index contributed by atoms with van der Waals surface area (Å²) in [5.41, 5.74) is 7.37. The van der Waals surface area contributed by atoms with E-state index in [2.05, 4.69) is 4.90 Å². The summed E-state index contributed by atoms with van der Waals surface area (Å²) in [4.78, 5) is 13.1. The summed E-state index contributed by atoms with van der Waals surface area (Å²) in [6.07, 6.45) is -0.200. The van der Waals surface area contributed by atoms with Crippen LogP contribution in [-0.2, 0) is 9.53 Å². The number of carbonyl (C=O) groups is 1. The second-order valence-electron chi connectivity index (χ2n) is 3.73. The van der Waals surface area contributed by atoms with Crippen molar-refractivity contribution in [3.05, 3.63) is 24.3 Å². The van der Waals surface area contributed by atoms with Crippen LogP contribution in [0.5, 0.6) is 0 Å². The Bertz CT molecular complexity index is 423. The SMILES string of the molecule is CCN(CCOC(=O)CC#N)c1ccc(N)cc1. The van der Waals surface area contributed by atoms with Crippen molar-refractivity contribution >= 4 is 17.3 Å². The molecule has 0 aliphatic heterocycles. The molecule has 0 aliphatic rings. The van der Waals surface area contributed by atoms with Crippen molar-refractivity contribution in [2.75, 3.05) is 30.3 Å². The maximum Gasteiger partial charge on any atom is 0.320 e. The number of hydrogen-bond acceptors (Lipinski definition) is 5. The second kappa shape index (κ2) is 7.17. The monoisotopic (exact) mass is 247 g/mol. The number of likely N-dealkylation sites (N-methyl/N-ethyl adjacent to an activating group) is 1. The molecule has 0 aromatic heterocycles. The van der Waals surface area contributed by atoms with Crippen molar-refractivity contribution in [3.8, 4) is 6.07 Å². The van der Waals surface area contributed by atoms with Crippen LogP contribution < -0.4 is 10.6 Å². The van der Waals surface area contributed by atoms with E-state index >= 15 is 0 Å². The summed E-state index contributed by atoms with van der Waals surface area (Å²) in [5.74, 6) is -0.481. The Hall–Kier alpha value is -2.22. The standard InChI is InChI=1S/C13H17N3O2/c1-2-16(9-10-18-13(17)7-8-14)12-5-3-11(15)4-6-12/h3-6H,2,7,9-10,15H2,1H3. The minimum absolute atomic E-state index is 0.200. The van der Waals surface area contributed by atoms with Gasteiger partial charge in [-0.3, -0.25) is 4.79 Å². The fourth-order valence-electron chi connectivity index (χ4n) is 1.54. The van der Waals surface area contributed by atoms with E-state index in [0.717, 1.165) is 17.9 Å². The molecule has 0 heterocycles. The van der Waals surface area contributed by atoms with Crippen LogP contribution in [0.4, 0.5) is 11.4 Å². The van der Waals surface area contributed by atoms with E-state index in [1.54, 1.807) is 6.07 Å². The molecule has 5 heteroatoms. The number of nitrogens with two attached hydrogens (primary N) is 1. The number of carbonyl (C=O) groups excluding carboxylic acids is 1. The Morgan fingerprint density at radius 3 is 2.67 bits per heavy atom. The number of nitriles is 1. The van der Waals surface area contributed by atoms with Crippen molar-refractivity contribution in [2.24, 2.45) is 0 Å². The van der Waals surface area contributed by atoms with Crippen molar-refractivity contribution in [3.63, 3.8) is 0 Å². The first-order valence-corrected chi connectivity index (χ1v) is 5.80. The molecule has 0 bridgehead atoms. The molecule has 1 aromatic rings. The summed E-state index contributed by atoms with van der Waals surface area (Å²) in [6, 6.07) is 9.27. The van der Waals surface area contributed by atoms with Gasteiger partial charge in [-0.25, -0.2) is 0 Å². The Morgan fingerprint density at radius 1 is 1.44 bits per heavy atom. The van der Waals surface area contributed by atoms with E-state index in [1.165, 1.54) is 0 Å². The molecule has 1 aromatic carbocycles. The van der Waals surface area contributed by atoms with Gasteiger partial charge in [-0.1, -0.05) is 0 Å². The molecule has 0 atom stereocenters. The van der Waals surface area contributed by atoms with Gasteiger partial charge in [-0.05, 0) is 31.2 Å². The third-order valence-electron chi connectivity index (χ3n) is 2.49. The Kier molecular flexibility index (Phi) is 5.52. The highest BCUT2D eigenvalue weighted by Gasteiger charge is 2.06. The average Bonchev–Trinajstić information content (AvgIpc) is 2.36. The van der Waals surface area contributed by atoms with Gasteiger partial charge in [0, 0.05) is 17.9 Å². The lowest BCUT2D eigenvalue weighted by Crippen LogP contribution is -2.27. The van der Waals surface area contributed by atoms with Gasteiger partial charge in [0.2, 0.25) is 0 Å². The first-order chi connectivity index (χ1) is 8.67. The van der Waals surface area contributed by atoms with Gasteiger partial charge < -0.3 is 15.4 Å². The molecule has 0 fully saturated rings. The minimum atomic E-state index is -0.481. The maximum absolute atomic E-state index is 11.0. The van der Waals surface area contributed by atoms with Crippen LogP contribution in [0.3, 0.4) is 0 Å². The van der Waals surface area contributed by atoms with Gasteiger partial charge in [0.05, 0.1) is 12.6 Å². The van der Waals surface area contributed by atoms with Crippen LogP contribution in [-0.4, -0.2) is 25.7 Å². The molecule has 0 radical (unpaired) electrons. The van der Waals surface area contributed by atoms with Gasteiger partial charge in [-0.2, -0.15) is 5.26 Å². The number of nitrogen functional groups attached to an aromatic ring is 1. The minimum Gasteiger partial charge on any atom is -0.463 e. The quantitative estimate of drug-likeness (QED) is 0.609. The Labute approximate surface area is 107 Å². The number of esters is 1. The van der Waals surface area contributed by atoms with Crippen LogP contribution in [0.25, 0.3) is 0 Å². The molecule has 5 nitrogen and oxygen atoms in total. The average molecular weight is 247 g/mol. The topological polar surface area (TPSA) is 79.3 Å². The van der Waals surface area contributed by atoms with Crippen molar-refractivity contribution in [1.82, 2.24) is 0 Å². The zero-order valence-corrected chi connectivity index (χ0v) is 10.4. The zero-order valence-electron chi connectivity index (χ0n) is 10.4. The summed E-state index contributed by atoms with van der Waals surface area (Å²) >= 11 is 0. The Balaban J connectivity index is 2.45. The van der Waals surface area contributed by atoms with Crippen LogP contribution >= 0.6 is 0 Å². The van der Waals surface area contributed by atoms with Crippen molar-refractivity contribution < 1.29 is 9.53 Å². The van der Waals surface area contributed by atoms with Crippen LogP contribution in [0.1, 0.15) is 13.3 Å². The van der Waals surface area contributed by atoms with Crippen molar-refractivity contribution in [1.29, 1.82) is 5.26 Å². The highest BCUT2D eigenvalue weighted by Crippen LogP contribution is 2.15. The first-order valence-electron chi connectivity index (χ1n) is 5.80. The number of ether oxygens (including phenoxy) is 1. The predicted molar refractivity (Wildman–Crippen MR) is 69.9 cm³/mol. The highest BCUT2D eigenvalue weighted by molar-refractivity contribution is 5.71.